The smallest absolute Gasteiger partial charge is 0.320 e. The van der Waals surface area contributed by atoms with Gasteiger partial charge in [0.15, 0.2) is 0 Å². The molecular weight excluding hydrogens is 272 g/mol. The van der Waals surface area contributed by atoms with Crippen molar-refractivity contribution < 1.29 is 8.39 Å². The minimum Gasteiger partial charge on any atom is -0.367 e. The highest BCUT2D eigenvalue weighted by atomic mass is 32.2. The third kappa shape index (κ3) is 2.58. The third-order valence-electron chi connectivity index (χ3n) is 3.03. The molecule has 4 nitrogen and oxygen atoms in total. The predicted octanol–water partition coefficient (Wildman–Crippen LogP) is 3.14. The van der Waals surface area contributed by atoms with E-state index < -0.39 is 11.3 Å². The van der Waals surface area contributed by atoms with Gasteiger partial charge in [-0.2, -0.15) is 4.21 Å². The van der Waals surface area contributed by atoms with Crippen LogP contribution >= 0.6 is 0 Å². The van der Waals surface area contributed by atoms with Crippen molar-refractivity contribution in [2.75, 3.05) is 10.8 Å². The van der Waals surface area contributed by atoms with Gasteiger partial charge in [-0.1, -0.05) is 36.4 Å². The summed E-state index contributed by atoms with van der Waals surface area (Å²) >= 11 is -1.52. The summed E-state index contributed by atoms with van der Waals surface area (Å²) in [5.74, 6) is 0.474. The predicted molar refractivity (Wildman–Crippen MR) is 81.3 cm³/mol. The lowest BCUT2D eigenvalue weighted by Gasteiger charge is -2.10. The van der Waals surface area contributed by atoms with E-state index in [9.17, 15) is 4.21 Å². The van der Waals surface area contributed by atoms with E-state index in [1.54, 1.807) is 4.31 Å². The minimum atomic E-state index is -1.52. The van der Waals surface area contributed by atoms with Gasteiger partial charge in [-0.05, 0) is 30.7 Å². The number of hydrogen-bond acceptors (Lipinski definition) is 3. The molecule has 0 unspecified atom stereocenters. The molecule has 0 spiro atoms. The van der Waals surface area contributed by atoms with E-state index in [1.165, 1.54) is 0 Å². The molecule has 20 heavy (non-hydrogen) atoms. The second-order valence-corrected chi connectivity index (χ2v) is 5.51. The fraction of sp³-hybridized carbons (Fsp3) is 0.133. The van der Waals surface area contributed by atoms with Crippen molar-refractivity contribution in [3.05, 3.63) is 60.2 Å². The lowest BCUT2D eigenvalue weighted by molar-refractivity contribution is 0.573. The lowest BCUT2D eigenvalue weighted by atomic mass is 10.2. The first-order valence-electron chi connectivity index (χ1n) is 6.30. The zero-order valence-corrected chi connectivity index (χ0v) is 11.8. The first kappa shape index (κ1) is 12.9. The van der Waals surface area contributed by atoms with Gasteiger partial charge >= 0.3 is 11.3 Å². The number of aryl methyl sites for hydroxylation is 1. The van der Waals surface area contributed by atoms with Crippen LogP contribution in [0.15, 0.2) is 59.6 Å². The van der Waals surface area contributed by atoms with E-state index >= 15 is 0 Å². The molecule has 102 valence electrons. The summed E-state index contributed by atoms with van der Waals surface area (Å²) in [6, 6.07) is 17.3. The van der Waals surface area contributed by atoms with Crippen LogP contribution < -0.4 is 4.31 Å². The SMILES string of the molecule is Cc1ccccc1N=C1CN(c2ccccc2)[S@@](=O)O1. The van der Waals surface area contributed by atoms with E-state index in [0.717, 1.165) is 16.9 Å². The van der Waals surface area contributed by atoms with Gasteiger partial charge in [0, 0.05) is 0 Å². The van der Waals surface area contributed by atoms with Gasteiger partial charge < -0.3 is 4.18 Å². The maximum atomic E-state index is 12.0. The molecule has 0 amide bonds. The van der Waals surface area contributed by atoms with Crippen LogP contribution in [0, 0.1) is 6.92 Å². The summed E-state index contributed by atoms with van der Waals surface area (Å²) in [5.41, 5.74) is 2.77. The number of para-hydroxylation sites is 2. The molecule has 1 aliphatic heterocycles. The van der Waals surface area contributed by atoms with E-state index in [2.05, 4.69) is 4.99 Å². The van der Waals surface area contributed by atoms with Crippen molar-refractivity contribution >= 4 is 28.5 Å². The monoisotopic (exact) mass is 286 g/mol. The normalized spacial score (nSPS) is 20.1. The molecule has 0 saturated carbocycles. The molecule has 1 aliphatic rings. The van der Waals surface area contributed by atoms with E-state index in [4.69, 9.17) is 4.18 Å². The molecule has 0 radical (unpaired) electrons. The highest BCUT2D eigenvalue weighted by Gasteiger charge is 2.28. The number of rotatable bonds is 2. The van der Waals surface area contributed by atoms with Crippen LogP contribution in [0.1, 0.15) is 5.56 Å². The number of benzene rings is 2. The molecule has 1 atom stereocenters. The summed E-state index contributed by atoms with van der Waals surface area (Å²) < 4.78 is 19.0. The average Bonchev–Trinajstić information content (AvgIpc) is 2.83. The van der Waals surface area contributed by atoms with Gasteiger partial charge in [-0.25, -0.2) is 9.30 Å². The third-order valence-corrected chi connectivity index (χ3v) is 4.07. The Morgan fingerprint density at radius 2 is 1.80 bits per heavy atom. The van der Waals surface area contributed by atoms with Gasteiger partial charge in [0.25, 0.3) is 0 Å². The molecule has 3 rings (SSSR count). The Labute approximate surface area is 120 Å². The van der Waals surface area contributed by atoms with Crippen LogP contribution in [-0.2, 0) is 15.4 Å². The molecule has 0 N–H and O–H groups in total. The molecule has 0 bridgehead atoms. The standard InChI is InChI=1S/C15H14N2O2S/c1-12-7-5-6-10-14(12)16-15-11-17(20(18)19-15)13-8-3-2-4-9-13/h2-10H,11H2,1H3/t20-/m0/s1. The topological polar surface area (TPSA) is 41.9 Å². The minimum absolute atomic E-state index is 0.408. The van der Waals surface area contributed by atoms with Crippen molar-refractivity contribution in [1.29, 1.82) is 0 Å². The number of hydrogen-bond donors (Lipinski definition) is 0. The Bertz CT molecular complexity index is 671. The van der Waals surface area contributed by atoms with Gasteiger partial charge in [-0.3, -0.25) is 0 Å². The Morgan fingerprint density at radius 3 is 2.55 bits per heavy atom. The first-order valence-corrected chi connectivity index (χ1v) is 7.33. The highest BCUT2D eigenvalue weighted by molar-refractivity contribution is 7.82. The van der Waals surface area contributed by atoms with Crippen molar-refractivity contribution in [2.24, 2.45) is 4.99 Å². The van der Waals surface area contributed by atoms with Gasteiger partial charge in [-0.15, -0.1) is 0 Å². The number of nitrogens with zero attached hydrogens (tertiary/aromatic N) is 2. The Kier molecular flexibility index (Phi) is 3.52. The van der Waals surface area contributed by atoms with Crippen LogP contribution in [0.25, 0.3) is 0 Å². The fourth-order valence-corrected chi connectivity index (χ4v) is 2.83. The van der Waals surface area contributed by atoms with Crippen molar-refractivity contribution in [3.8, 4) is 0 Å². The quantitative estimate of drug-likeness (QED) is 0.851. The maximum absolute atomic E-state index is 12.0. The van der Waals surface area contributed by atoms with Crippen LogP contribution in [0.3, 0.4) is 0 Å². The summed E-state index contributed by atoms with van der Waals surface area (Å²) in [6.07, 6.45) is 0. The summed E-state index contributed by atoms with van der Waals surface area (Å²) in [5, 5.41) is 0. The van der Waals surface area contributed by atoms with Gasteiger partial charge in [0.2, 0.25) is 5.90 Å². The summed E-state index contributed by atoms with van der Waals surface area (Å²) in [7, 11) is 0. The molecule has 1 heterocycles. The Morgan fingerprint density at radius 1 is 1.10 bits per heavy atom. The van der Waals surface area contributed by atoms with Crippen LogP contribution in [0.2, 0.25) is 0 Å². The molecular formula is C15H14N2O2S. The first-order chi connectivity index (χ1) is 9.74. The zero-order valence-electron chi connectivity index (χ0n) is 11.0. The highest BCUT2D eigenvalue weighted by Crippen LogP contribution is 2.24. The molecule has 1 fully saturated rings. The van der Waals surface area contributed by atoms with Crippen molar-refractivity contribution in [2.45, 2.75) is 6.92 Å². The molecule has 2 aromatic rings. The maximum Gasteiger partial charge on any atom is 0.320 e. The number of aliphatic imine (C=N–C) groups is 1. The average molecular weight is 286 g/mol. The van der Waals surface area contributed by atoms with Crippen molar-refractivity contribution in [1.82, 2.24) is 0 Å². The second-order valence-electron chi connectivity index (χ2n) is 4.46. The lowest BCUT2D eigenvalue weighted by Crippen LogP contribution is -2.20. The van der Waals surface area contributed by atoms with Crippen LogP contribution in [0.4, 0.5) is 11.4 Å². The largest absolute Gasteiger partial charge is 0.367 e. The molecule has 0 aliphatic carbocycles. The van der Waals surface area contributed by atoms with Gasteiger partial charge in [0.05, 0.1) is 11.4 Å². The molecule has 0 aromatic heterocycles. The van der Waals surface area contributed by atoms with Crippen molar-refractivity contribution in [3.63, 3.8) is 0 Å². The van der Waals surface area contributed by atoms with Crippen LogP contribution in [0.5, 0.6) is 0 Å². The van der Waals surface area contributed by atoms with Gasteiger partial charge in [0.1, 0.15) is 6.54 Å². The molecule has 2 aromatic carbocycles. The number of anilines is 1. The Hall–Kier alpha value is -2.14. The molecule has 1 saturated heterocycles. The molecule has 5 heteroatoms. The van der Waals surface area contributed by atoms with E-state index in [0.29, 0.717) is 12.4 Å². The summed E-state index contributed by atoms with van der Waals surface area (Å²) in [4.78, 5) is 4.44. The Balaban J connectivity index is 1.86. The van der Waals surface area contributed by atoms with E-state index in [1.807, 2.05) is 61.5 Å². The fourth-order valence-electron chi connectivity index (χ4n) is 1.98. The second kappa shape index (κ2) is 5.46. The van der Waals surface area contributed by atoms with E-state index in [-0.39, 0.29) is 0 Å². The van der Waals surface area contributed by atoms with Crippen LogP contribution in [-0.4, -0.2) is 16.7 Å². The summed E-state index contributed by atoms with van der Waals surface area (Å²) in [6.45, 7) is 2.39. The zero-order chi connectivity index (χ0) is 13.9.